The number of aryl methyl sites for hydroxylation is 2. The van der Waals surface area contributed by atoms with E-state index in [2.05, 4.69) is 16.3 Å². The second kappa shape index (κ2) is 5.36. The van der Waals surface area contributed by atoms with Crippen LogP contribution in [-0.4, -0.2) is 21.7 Å². The van der Waals surface area contributed by atoms with E-state index in [0.717, 1.165) is 18.5 Å². The summed E-state index contributed by atoms with van der Waals surface area (Å²) in [5.41, 5.74) is 1.36. The van der Waals surface area contributed by atoms with Gasteiger partial charge in [0.1, 0.15) is 5.69 Å². The van der Waals surface area contributed by atoms with Gasteiger partial charge in [0.05, 0.1) is 11.7 Å². The van der Waals surface area contributed by atoms with Crippen molar-refractivity contribution in [3.63, 3.8) is 0 Å². The molecule has 16 heavy (non-hydrogen) atoms. The minimum atomic E-state index is -0.201. The van der Waals surface area contributed by atoms with Gasteiger partial charge in [-0.3, -0.25) is 9.48 Å². The van der Waals surface area contributed by atoms with E-state index >= 15 is 0 Å². The van der Waals surface area contributed by atoms with Crippen LogP contribution in [0, 0.1) is 19.3 Å². The van der Waals surface area contributed by atoms with Crippen molar-refractivity contribution < 1.29 is 4.79 Å². The summed E-state index contributed by atoms with van der Waals surface area (Å²) in [6.45, 7) is 3.88. The zero-order chi connectivity index (χ0) is 12.1. The van der Waals surface area contributed by atoms with Crippen molar-refractivity contribution in [3.8, 4) is 12.3 Å². The molecule has 0 radical (unpaired) electrons. The number of terminal acetylenes is 1. The first-order valence-corrected chi connectivity index (χ1v) is 5.36. The lowest BCUT2D eigenvalue weighted by Gasteiger charge is -2.11. The van der Waals surface area contributed by atoms with Gasteiger partial charge in [0.25, 0.3) is 5.91 Å². The highest BCUT2D eigenvalue weighted by atomic mass is 16.2. The van der Waals surface area contributed by atoms with Gasteiger partial charge in [-0.1, -0.05) is 19.3 Å². The van der Waals surface area contributed by atoms with Crippen LogP contribution in [-0.2, 0) is 7.05 Å². The average molecular weight is 219 g/mol. The van der Waals surface area contributed by atoms with Crippen LogP contribution in [0.5, 0.6) is 0 Å². The van der Waals surface area contributed by atoms with Gasteiger partial charge >= 0.3 is 0 Å². The Kier molecular flexibility index (Phi) is 4.12. The normalized spacial score (nSPS) is 11.9. The molecule has 1 aromatic heterocycles. The Labute approximate surface area is 96.0 Å². The van der Waals surface area contributed by atoms with E-state index in [-0.39, 0.29) is 11.9 Å². The number of hydrogen-bond acceptors (Lipinski definition) is 2. The van der Waals surface area contributed by atoms with E-state index in [4.69, 9.17) is 6.42 Å². The maximum absolute atomic E-state index is 11.9. The molecule has 4 nitrogen and oxygen atoms in total. The minimum Gasteiger partial charge on any atom is -0.337 e. The lowest BCUT2D eigenvalue weighted by Crippen LogP contribution is -2.34. The number of carbonyl (C=O) groups is 1. The first-order valence-electron chi connectivity index (χ1n) is 5.36. The number of aromatic nitrogens is 2. The van der Waals surface area contributed by atoms with Gasteiger partial charge < -0.3 is 5.32 Å². The number of carbonyl (C=O) groups excluding carboxylic acids is 1. The fraction of sp³-hybridized carbons (Fsp3) is 0.500. The van der Waals surface area contributed by atoms with Crippen LogP contribution in [0.2, 0.25) is 0 Å². The van der Waals surface area contributed by atoms with Gasteiger partial charge in [0.2, 0.25) is 0 Å². The highest BCUT2D eigenvalue weighted by molar-refractivity contribution is 5.93. The molecule has 0 saturated carbocycles. The standard InChI is InChI=1S/C12H17N3O/c1-5-7-10(6-2)13-12(16)11-8-9(3)14-15(11)4/h2,8,10H,5,7H2,1,3-4H3,(H,13,16). The smallest absolute Gasteiger partial charge is 0.270 e. The largest absolute Gasteiger partial charge is 0.337 e. The first-order chi connectivity index (χ1) is 7.58. The molecule has 1 atom stereocenters. The van der Waals surface area contributed by atoms with Crippen LogP contribution in [0.4, 0.5) is 0 Å². The van der Waals surface area contributed by atoms with Crippen molar-refractivity contribution in [3.05, 3.63) is 17.5 Å². The summed E-state index contributed by atoms with van der Waals surface area (Å²) >= 11 is 0. The molecule has 1 amide bonds. The predicted molar refractivity (Wildman–Crippen MR) is 62.9 cm³/mol. The van der Waals surface area contributed by atoms with Gasteiger partial charge in [-0.15, -0.1) is 6.42 Å². The Morgan fingerprint density at radius 1 is 1.75 bits per heavy atom. The molecule has 86 valence electrons. The van der Waals surface area contributed by atoms with Crippen molar-refractivity contribution >= 4 is 5.91 Å². The third-order valence-corrected chi connectivity index (χ3v) is 2.32. The quantitative estimate of drug-likeness (QED) is 0.775. The van der Waals surface area contributed by atoms with Crippen LogP contribution in [0.15, 0.2) is 6.07 Å². The summed E-state index contributed by atoms with van der Waals surface area (Å²) in [5.74, 6) is 2.40. The topological polar surface area (TPSA) is 46.9 Å². The molecular formula is C12H17N3O. The summed E-state index contributed by atoms with van der Waals surface area (Å²) in [4.78, 5) is 11.9. The lowest BCUT2D eigenvalue weighted by molar-refractivity contribution is 0.0935. The van der Waals surface area contributed by atoms with Gasteiger partial charge in [-0.05, 0) is 19.4 Å². The fourth-order valence-electron chi connectivity index (χ4n) is 1.54. The number of nitrogens with zero attached hydrogens (tertiary/aromatic N) is 2. The van der Waals surface area contributed by atoms with E-state index < -0.39 is 0 Å². The fourth-order valence-corrected chi connectivity index (χ4v) is 1.54. The van der Waals surface area contributed by atoms with E-state index in [1.807, 2.05) is 13.8 Å². The SMILES string of the molecule is C#CC(CCC)NC(=O)c1cc(C)nn1C. The molecule has 0 bridgehead atoms. The second-order valence-corrected chi connectivity index (χ2v) is 3.78. The summed E-state index contributed by atoms with van der Waals surface area (Å²) in [6.07, 6.45) is 7.08. The second-order valence-electron chi connectivity index (χ2n) is 3.78. The molecular weight excluding hydrogens is 202 g/mol. The molecule has 0 saturated heterocycles. The van der Waals surface area contributed by atoms with Crippen molar-refractivity contribution in [2.24, 2.45) is 7.05 Å². The Morgan fingerprint density at radius 3 is 2.88 bits per heavy atom. The molecule has 1 heterocycles. The number of nitrogens with one attached hydrogen (secondary N) is 1. The van der Waals surface area contributed by atoms with Crippen LogP contribution in [0.25, 0.3) is 0 Å². The molecule has 1 aromatic rings. The minimum absolute atomic E-state index is 0.167. The number of rotatable bonds is 4. The Morgan fingerprint density at radius 2 is 2.44 bits per heavy atom. The van der Waals surface area contributed by atoms with E-state index in [1.165, 1.54) is 0 Å². The molecule has 0 aromatic carbocycles. The van der Waals surface area contributed by atoms with Gasteiger partial charge in [0, 0.05) is 7.05 Å². The maximum Gasteiger partial charge on any atom is 0.270 e. The molecule has 0 aliphatic rings. The highest BCUT2D eigenvalue weighted by Gasteiger charge is 2.14. The molecule has 0 fully saturated rings. The molecule has 0 aliphatic carbocycles. The molecule has 4 heteroatoms. The van der Waals surface area contributed by atoms with E-state index in [1.54, 1.807) is 17.8 Å². The molecule has 0 aliphatic heterocycles. The lowest BCUT2D eigenvalue weighted by atomic mass is 10.2. The number of hydrogen-bond donors (Lipinski definition) is 1. The van der Waals surface area contributed by atoms with Crippen LogP contribution < -0.4 is 5.32 Å². The monoisotopic (exact) mass is 219 g/mol. The Bertz CT molecular complexity index is 414. The van der Waals surface area contributed by atoms with Crippen molar-refractivity contribution in [1.82, 2.24) is 15.1 Å². The first kappa shape index (κ1) is 12.3. The zero-order valence-corrected chi connectivity index (χ0v) is 9.95. The van der Waals surface area contributed by atoms with Crippen molar-refractivity contribution in [1.29, 1.82) is 0 Å². The van der Waals surface area contributed by atoms with Crippen LogP contribution in [0.1, 0.15) is 35.9 Å². The van der Waals surface area contributed by atoms with Crippen molar-refractivity contribution in [2.75, 3.05) is 0 Å². The van der Waals surface area contributed by atoms with E-state index in [0.29, 0.717) is 5.69 Å². The van der Waals surface area contributed by atoms with Gasteiger partial charge in [0.15, 0.2) is 0 Å². The molecule has 1 N–H and O–H groups in total. The molecule has 0 spiro atoms. The van der Waals surface area contributed by atoms with Crippen molar-refractivity contribution in [2.45, 2.75) is 32.7 Å². The Hall–Kier alpha value is -1.76. The maximum atomic E-state index is 11.9. The number of amides is 1. The summed E-state index contributed by atoms with van der Waals surface area (Å²) in [6, 6.07) is 1.54. The van der Waals surface area contributed by atoms with Crippen LogP contribution in [0.3, 0.4) is 0 Å². The zero-order valence-electron chi connectivity index (χ0n) is 9.95. The van der Waals surface area contributed by atoms with Crippen LogP contribution >= 0.6 is 0 Å². The average Bonchev–Trinajstić information content (AvgIpc) is 2.57. The highest BCUT2D eigenvalue weighted by Crippen LogP contribution is 2.03. The van der Waals surface area contributed by atoms with Gasteiger partial charge in [-0.2, -0.15) is 5.10 Å². The molecule has 1 rings (SSSR count). The molecule has 1 unspecified atom stereocenters. The summed E-state index contributed by atoms with van der Waals surface area (Å²) in [7, 11) is 1.74. The van der Waals surface area contributed by atoms with E-state index in [9.17, 15) is 4.79 Å². The summed E-state index contributed by atoms with van der Waals surface area (Å²) in [5, 5.41) is 6.92. The predicted octanol–water partition coefficient (Wildman–Crippen LogP) is 1.26. The Balaban J connectivity index is 2.72. The third-order valence-electron chi connectivity index (χ3n) is 2.32. The third kappa shape index (κ3) is 2.86. The summed E-state index contributed by atoms with van der Waals surface area (Å²) < 4.78 is 1.56. The van der Waals surface area contributed by atoms with Gasteiger partial charge in [-0.25, -0.2) is 0 Å².